The maximum absolute atomic E-state index is 12.2. The topological polar surface area (TPSA) is 50.4 Å². The highest BCUT2D eigenvalue weighted by molar-refractivity contribution is 7.11. The van der Waals surface area contributed by atoms with E-state index in [-0.39, 0.29) is 17.7 Å². The molecule has 0 aliphatic carbocycles. The summed E-state index contributed by atoms with van der Waals surface area (Å²) in [6, 6.07) is 8.14. The molecule has 0 spiro atoms. The maximum Gasteiger partial charge on any atom is 0.243 e. The van der Waals surface area contributed by atoms with Crippen molar-refractivity contribution in [2.75, 3.05) is 0 Å². The fourth-order valence-electron chi connectivity index (χ4n) is 2.99. The van der Waals surface area contributed by atoms with Gasteiger partial charge in [0.1, 0.15) is 11.7 Å². The van der Waals surface area contributed by atoms with E-state index in [0.29, 0.717) is 0 Å². The standard InChI is InChI=1S/C15H14N2O2S2/c1-15-13(14(18)16-17-15)9(11-4-2-6-20-11)8-10(19-15)12-5-3-7-21-12/h2-9,13,17H,1H3,(H,16,18). The number of hydrogen-bond donors (Lipinski definition) is 2. The monoisotopic (exact) mass is 318 g/mol. The second-order valence-corrected chi connectivity index (χ2v) is 7.28. The van der Waals surface area contributed by atoms with E-state index in [9.17, 15) is 4.79 Å². The first-order valence-electron chi connectivity index (χ1n) is 6.72. The Labute approximate surface area is 130 Å². The summed E-state index contributed by atoms with van der Waals surface area (Å²) in [5, 5.41) is 4.07. The normalized spacial score (nSPS) is 31.3. The average molecular weight is 318 g/mol. The predicted octanol–water partition coefficient (Wildman–Crippen LogP) is 2.93. The molecule has 0 radical (unpaired) electrons. The summed E-state index contributed by atoms with van der Waals surface area (Å²) in [6.45, 7) is 1.93. The van der Waals surface area contributed by atoms with Gasteiger partial charge in [0.15, 0.2) is 5.72 Å². The van der Waals surface area contributed by atoms with E-state index in [1.54, 1.807) is 22.7 Å². The summed E-state index contributed by atoms with van der Waals surface area (Å²) < 4.78 is 6.12. The minimum absolute atomic E-state index is 0.0163. The van der Waals surface area contributed by atoms with E-state index in [2.05, 4.69) is 23.0 Å². The number of ether oxygens (including phenoxy) is 1. The van der Waals surface area contributed by atoms with Gasteiger partial charge in [-0.3, -0.25) is 10.2 Å². The molecule has 0 bridgehead atoms. The van der Waals surface area contributed by atoms with Crippen LogP contribution < -0.4 is 10.9 Å². The van der Waals surface area contributed by atoms with Gasteiger partial charge in [0, 0.05) is 10.8 Å². The molecule has 2 N–H and O–H groups in total. The number of allylic oxidation sites excluding steroid dienone is 1. The van der Waals surface area contributed by atoms with Gasteiger partial charge in [0.25, 0.3) is 0 Å². The summed E-state index contributed by atoms with van der Waals surface area (Å²) in [4.78, 5) is 14.5. The summed E-state index contributed by atoms with van der Waals surface area (Å²) in [5.74, 6) is 0.583. The third-order valence-corrected chi connectivity index (χ3v) is 5.82. The molecule has 6 heteroatoms. The molecule has 4 nitrogen and oxygen atoms in total. The first kappa shape index (κ1) is 13.1. The lowest BCUT2D eigenvalue weighted by atomic mass is 9.81. The molecule has 2 aliphatic rings. The van der Waals surface area contributed by atoms with Crippen LogP contribution in [0.15, 0.2) is 41.1 Å². The second-order valence-electron chi connectivity index (χ2n) is 5.35. The first-order valence-corrected chi connectivity index (χ1v) is 8.48. The first-order chi connectivity index (χ1) is 10.2. The number of rotatable bonds is 2. The van der Waals surface area contributed by atoms with Gasteiger partial charge in [-0.05, 0) is 35.9 Å². The molecule has 1 saturated heterocycles. The van der Waals surface area contributed by atoms with Crippen molar-refractivity contribution in [2.24, 2.45) is 5.92 Å². The highest BCUT2D eigenvalue weighted by Crippen LogP contribution is 2.46. The zero-order valence-corrected chi connectivity index (χ0v) is 13.0. The Bertz CT molecular complexity index is 693. The molecule has 2 aliphatic heterocycles. The zero-order chi connectivity index (χ0) is 14.4. The summed E-state index contributed by atoms with van der Waals surface area (Å²) in [7, 11) is 0. The highest BCUT2D eigenvalue weighted by Gasteiger charge is 2.54. The molecule has 3 atom stereocenters. The minimum Gasteiger partial charge on any atom is -0.469 e. The Morgan fingerprint density at radius 2 is 2.05 bits per heavy atom. The van der Waals surface area contributed by atoms with Crippen molar-refractivity contribution in [2.45, 2.75) is 18.6 Å². The minimum atomic E-state index is -0.722. The van der Waals surface area contributed by atoms with Crippen LogP contribution in [0.25, 0.3) is 5.76 Å². The number of carbonyl (C=O) groups excluding carboxylic acids is 1. The van der Waals surface area contributed by atoms with Crippen LogP contribution in [0.4, 0.5) is 0 Å². The number of carbonyl (C=O) groups is 1. The Hall–Kier alpha value is -1.63. The molecule has 3 unspecified atom stereocenters. The number of hydrazine groups is 1. The lowest BCUT2D eigenvalue weighted by molar-refractivity contribution is -0.126. The third-order valence-electron chi connectivity index (χ3n) is 3.96. The Kier molecular flexibility index (Phi) is 2.92. The van der Waals surface area contributed by atoms with Gasteiger partial charge in [-0.1, -0.05) is 12.1 Å². The molecule has 1 amide bonds. The van der Waals surface area contributed by atoms with Crippen molar-refractivity contribution < 1.29 is 9.53 Å². The summed E-state index contributed by atoms with van der Waals surface area (Å²) >= 11 is 3.31. The van der Waals surface area contributed by atoms with Gasteiger partial charge < -0.3 is 4.74 Å². The van der Waals surface area contributed by atoms with Crippen molar-refractivity contribution in [3.63, 3.8) is 0 Å². The van der Waals surface area contributed by atoms with Crippen LogP contribution in [0.3, 0.4) is 0 Å². The molecule has 2 aromatic rings. The predicted molar refractivity (Wildman–Crippen MR) is 83.6 cm³/mol. The van der Waals surface area contributed by atoms with Gasteiger partial charge in [-0.15, -0.1) is 22.7 Å². The SMILES string of the molecule is CC12NNC(=O)C1C(c1cccs1)C=C(c1cccs1)O2. The van der Waals surface area contributed by atoms with E-state index in [4.69, 9.17) is 4.74 Å². The van der Waals surface area contributed by atoms with E-state index in [0.717, 1.165) is 10.6 Å². The second kappa shape index (κ2) is 4.69. The Balaban J connectivity index is 1.84. The van der Waals surface area contributed by atoms with Crippen LogP contribution in [0.1, 0.15) is 22.6 Å². The maximum atomic E-state index is 12.2. The number of hydrogen-bond acceptors (Lipinski definition) is 5. The van der Waals surface area contributed by atoms with Crippen LogP contribution in [0, 0.1) is 5.92 Å². The number of nitrogens with one attached hydrogen (secondary N) is 2. The van der Waals surface area contributed by atoms with Crippen LogP contribution in [-0.4, -0.2) is 11.6 Å². The van der Waals surface area contributed by atoms with Crippen LogP contribution in [-0.2, 0) is 9.53 Å². The smallest absolute Gasteiger partial charge is 0.243 e. The lowest BCUT2D eigenvalue weighted by Crippen LogP contribution is -2.49. The van der Waals surface area contributed by atoms with E-state index < -0.39 is 5.72 Å². The number of thiophene rings is 2. The van der Waals surface area contributed by atoms with E-state index in [1.807, 2.05) is 35.9 Å². The van der Waals surface area contributed by atoms with Crippen LogP contribution in [0.2, 0.25) is 0 Å². The summed E-state index contributed by atoms with van der Waals surface area (Å²) in [5.41, 5.74) is 5.01. The van der Waals surface area contributed by atoms with Gasteiger partial charge >= 0.3 is 0 Å². The fourth-order valence-corrected chi connectivity index (χ4v) is 4.51. The molecule has 0 saturated carbocycles. The largest absolute Gasteiger partial charge is 0.469 e. The molecule has 1 fully saturated rings. The van der Waals surface area contributed by atoms with Gasteiger partial charge in [-0.2, -0.15) is 5.43 Å². The molecular formula is C15H14N2O2S2. The van der Waals surface area contributed by atoms with Crippen molar-refractivity contribution in [3.05, 3.63) is 50.9 Å². The van der Waals surface area contributed by atoms with Crippen LogP contribution in [0.5, 0.6) is 0 Å². The number of amides is 1. The average Bonchev–Trinajstić information content (AvgIpc) is 3.18. The van der Waals surface area contributed by atoms with Crippen molar-refractivity contribution >= 4 is 34.3 Å². The Morgan fingerprint density at radius 1 is 1.24 bits per heavy atom. The van der Waals surface area contributed by atoms with Crippen molar-refractivity contribution in [1.29, 1.82) is 0 Å². The molecule has 4 heterocycles. The van der Waals surface area contributed by atoms with Gasteiger partial charge in [-0.25, -0.2) is 0 Å². The highest BCUT2D eigenvalue weighted by atomic mass is 32.1. The molecule has 2 aromatic heterocycles. The lowest BCUT2D eigenvalue weighted by Gasteiger charge is -2.38. The quantitative estimate of drug-likeness (QED) is 0.895. The number of fused-ring (bicyclic) bond motifs is 1. The molecule has 4 rings (SSSR count). The van der Waals surface area contributed by atoms with Crippen molar-refractivity contribution in [1.82, 2.24) is 10.9 Å². The Morgan fingerprint density at radius 3 is 2.76 bits per heavy atom. The third kappa shape index (κ3) is 2.02. The zero-order valence-electron chi connectivity index (χ0n) is 11.3. The molecule has 108 valence electrons. The van der Waals surface area contributed by atoms with Crippen molar-refractivity contribution in [3.8, 4) is 0 Å². The van der Waals surface area contributed by atoms with Gasteiger partial charge in [0.05, 0.1) is 4.88 Å². The fraction of sp³-hybridized carbons (Fsp3) is 0.267. The van der Waals surface area contributed by atoms with E-state index >= 15 is 0 Å². The van der Waals surface area contributed by atoms with Crippen LogP contribution >= 0.6 is 22.7 Å². The molecule has 0 aromatic carbocycles. The summed E-state index contributed by atoms with van der Waals surface area (Å²) in [6.07, 6.45) is 2.08. The molecule has 21 heavy (non-hydrogen) atoms. The van der Waals surface area contributed by atoms with E-state index in [1.165, 1.54) is 4.88 Å². The molecular weight excluding hydrogens is 304 g/mol. The van der Waals surface area contributed by atoms with Gasteiger partial charge in [0.2, 0.25) is 5.91 Å².